The van der Waals surface area contributed by atoms with Crippen LogP contribution in [0, 0.1) is 0 Å². The van der Waals surface area contributed by atoms with Crippen LogP contribution in [0.15, 0.2) is 28.7 Å². The Kier molecular flexibility index (Phi) is 4.58. The van der Waals surface area contributed by atoms with Crippen LogP contribution in [-0.4, -0.2) is 17.8 Å². The summed E-state index contributed by atoms with van der Waals surface area (Å²) in [7, 11) is 0. The van der Waals surface area contributed by atoms with Crippen molar-refractivity contribution in [3.05, 3.63) is 34.3 Å². The van der Waals surface area contributed by atoms with Gasteiger partial charge in [0, 0.05) is 17.5 Å². The van der Waals surface area contributed by atoms with Crippen LogP contribution in [0.1, 0.15) is 18.1 Å². The summed E-state index contributed by atoms with van der Waals surface area (Å²) in [5.41, 5.74) is 5.75. The minimum atomic E-state index is -0.839. The molecule has 1 rings (SSSR count). The molecule has 0 heterocycles. The van der Waals surface area contributed by atoms with E-state index < -0.39 is 12.2 Å². The fraction of sp³-hybridized carbons (Fsp3) is 0.300. The van der Waals surface area contributed by atoms with Gasteiger partial charge in [0.15, 0.2) is 0 Å². The molecule has 3 N–H and O–H groups in total. The van der Waals surface area contributed by atoms with Crippen molar-refractivity contribution >= 4 is 22.0 Å². The van der Waals surface area contributed by atoms with Crippen LogP contribution in [-0.2, 0) is 4.74 Å². The molecule has 1 aromatic rings. The normalized spacial score (nSPS) is 12.1. The Morgan fingerprint density at radius 2 is 2.33 bits per heavy atom. The first-order valence-electron chi connectivity index (χ1n) is 4.46. The van der Waals surface area contributed by atoms with E-state index in [-0.39, 0.29) is 6.61 Å². The van der Waals surface area contributed by atoms with Gasteiger partial charge in [0.2, 0.25) is 0 Å². The molecule has 1 atom stereocenters. The number of carbonyl (C=O) groups excluding carboxylic acids is 1. The quantitative estimate of drug-likeness (QED) is 0.881. The number of nitrogens with two attached hydrogens (primary N) is 1. The molecule has 0 aromatic heterocycles. The highest BCUT2D eigenvalue weighted by atomic mass is 79.9. The number of rotatable bonds is 4. The van der Waals surface area contributed by atoms with Crippen LogP contribution in [0.5, 0.6) is 0 Å². The molecule has 0 bridgehead atoms. The van der Waals surface area contributed by atoms with Gasteiger partial charge in [-0.15, -0.1) is 0 Å². The van der Waals surface area contributed by atoms with Crippen molar-refractivity contribution in [2.45, 2.75) is 12.5 Å². The average molecular weight is 274 g/mol. The van der Waals surface area contributed by atoms with E-state index in [1.807, 2.05) is 24.3 Å². The van der Waals surface area contributed by atoms with Gasteiger partial charge in [-0.25, -0.2) is 4.79 Å². The number of ether oxygens (including phenoxy) is 1. The molecular formula is C10H12BrNO3. The maximum Gasteiger partial charge on any atom is 0.405 e. The molecule has 4 nitrogen and oxygen atoms in total. The van der Waals surface area contributed by atoms with Crippen LogP contribution in [0.4, 0.5) is 4.79 Å². The second kappa shape index (κ2) is 5.72. The van der Waals surface area contributed by atoms with Gasteiger partial charge in [0.25, 0.3) is 0 Å². The molecule has 0 saturated carbocycles. The van der Waals surface area contributed by atoms with Gasteiger partial charge in [-0.1, -0.05) is 28.1 Å². The molecule has 1 unspecified atom stereocenters. The predicted octanol–water partition coefficient (Wildman–Crippen LogP) is 1.97. The standard InChI is InChI=1S/C10H12BrNO3/c11-8-3-1-2-7(6-8)9(4-5-13)15-10(12)14/h1-3,6,9,13H,4-5H2,(H2,12,14). The molecule has 0 fully saturated rings. The topological polar surface area (TPSA) is 72.6 Å². The molecule has 0 spiro atoms. The number of aliphatic hydroxyl groups excluding tert-OH is 1. The Morgan fingerprint density at radius 1 is 1.60 bits per heavy atom. The van der Waals surface area contributed by atoms with Crippen LogP contribution < -0.4 is 5.73 Å². The van der Waals surface area contributed by atoms with Crippen LogP contribution in [0.2, 0.25) is 0 Å². The van der Waals surface area contributed by atoms with Gasteiger partial charge in [0.1, 0.15) is 6.10 Å². The minimum Gasteiger partial charge on any atom is -0.441 e. The number of benzene rings is 1. The van der Waals surface area contributed by atoms with Crippen molar-refractivity contribution in [1.82, 2.24) is 0 Å². The first kappa shape index (κ1) is 12.0. The first-order chi connectivity index (χ1) is 7.13. The van der Waals surface area contributed by atoms with Crippen molar-refractivity contribution in [2.24, 2.45) is 5.73 Å². The highest BCUT2D eigenvalue weighted by Gasteiger charge is 2.14. The maximum absolute atomic E-state index is 10.6. The summed E-state index contributed by atoms with van der Waals surface area (Å²) in [4.78, 5) is 10.6. The molecular weight excluding hydrogens is 262 g/mol. The minimum absolute atomic E-state index is 0.0650. The zero-order valence-corrected chi connectivity index (χ0v) is 9.61. The first-order valence-corrected chi connectivity index (χ1v) is 5.25. The molecule has 5 heteroatoms. The van der Waals surface area contributed by atoms with Crippen LogP contribution in [0.3, 0.4) is 0 Å². The van der Waals surface area contributed by atoms with Crippen molar-refractivity contribution in [3.63, 3.8) is 0 Å². The Labute approximate surface area is 96.2 Å². The van der Waals surface area contributed by atoms with Gasteiger partial charge in [-0.3, -0.25) is 0 Å². The summed E-state index contributed by atoms with van der Waals surface area (Å²) in [6.45, 7) is -0.0650. The molecule has 0 radical (unpaired) electrons. The van der Waals surface area contributed by atoms with Gasteiger partial charge >= 0.3 is 6.09 Å². The van der Waals surface area contributed by atoms with E-state index in [0.717, 1.165) is 10.0 Å². The Balaban J connectivity index is 2.83. The molecule has 0 aliphatic heterocycles. The fourth-order valence-corrected chi connectivity index (χ4v) is 1.67. The number of amides is 1. The second-order valence-electron chi connectivity index (χ2n) is 2.99. The number of primary amides is 1. The van der Waals surface area contributed by atoms with Crippen molar-refractivity contribution in [1.29, 1.82) is 0 Å². The van der Waals surface area contributed by atoms with E-state index in [1.54, 1.807) is 0 Å². The van der Waals surface area contributed by atoms with Crippen LogP contribution in [0.25, 0.3) is 0 Å². The van der Waals surface area contributed by atoms with Gasteiger partial charge in [-0.2, -0.15) is 0 Å². The summed E-state index contributed by atoms with van der Waals surface area (Å²) in [5.74, 6) is 0. The molecule has 1 amide bonds. The smallest absolute Gasteiger partial charge is 0.405 e. The molecule has 0 aliphatic rings. The lowest BCUT2D eigenvalue weighted by molar-refractivity contribution is 0.0877. The third kappa shape index (κ3) is 3.89. The van der Waals surface area contributed by atoms with E-state index in [1.165, 1.54) is 0 Å². The van der Waals surface area contributed by atoms with Crippen molar-refractivity contribution in [2.75, 3.05) is 6.61 Å². The SMILES string of the molecule is NC(=O)OC(CCO)c1cccc(Br)c1. The van der Waals surface area contributed by atoms with E-state index >= 15 is 0 Å². The lowest BCUT2D eigenvalue weighted by Crippen LogP contribution is -2.18. The van der Waals surface area contributed by atoms with Crippen molar-refractivity contribution < 1.29 is 14.6 Å². The summed E-state index contributed by atoms with van der Waals surface area (Å²) < 4.78 is 5.78. The zero-order chi connectivity index (χ0) is 11.3. The Hall–Kier alpha value is -1.07. The van der Waals surface area contributed by atoms with E-state index in [4.69, 9.17) is 15.6 Å². The fourth-order valence-electron chi connectivity index (χ4n) is 1.26. The van der Waals surface area contributed by atoms with E-state index in [0.29, 0.717) is 6.42 Å². The number of halogens is 1. The van der Waals surface area contributed by atoms with Crippen molar-refractivity contribution in [3.8, 4) is 0 Å². The molecule has 15 heavy (non-hydrogen) atoms. The second-order valence-corrected chi connectivity index (χ2v) is 3.91. The van der Waals surface area contributed by atoms with Gasteiger partial charge in [-0.05, 0) is 17.7 Å². The van der Waals surface area contributed by atoms with Gasteiger partial charge < -0.3 is 15.6 Å². The third-order valence-corrected chi connectivity index (χ3v) is 2.36. The predicted molar refractivity (Wildman–Crippen MR) is 59.3 cm³/mol. The highest BCUT2D eigenvalue weighted by molar-refractivity contribution is 9.10. The third-order valence-electron chi connectivity index (χ3n) is 1.87. The summed E-state index contributed by atoms with van der Waals surface area (Å²) in [6, 6.07) is 7.33. The average Bonchev–Trinajstić information content (AvgIpc) is 2.16. The summed E-state index contributed by atoms with van der Waals surface area (Å²) in [5, 5.41) is 8.84. The number of hydrogen-bond donors (Lipinski definition) is 2. The highest BCUT2D eigenvalue weighted by Crippen LogP contribution is 2.23. The van der Waals surface area contributed by atoms with Gasteiger partial charge in [0.05, 0.1) is 0 Å². The Morgan fingerprint density at radius 3 is 2.87 bits per heavy atom. The largest absolute Gasteiger partial charge is 0.441 e. The zero-order valence-electron chi connectivity index (χ0n) is 8.02. The summed E-state index contributed by atoms with van der Waals surface area (Å²) in [6.07, 6.45) is -1.00. The number of carbonyl (C=O) groups is 1. The molecule has 0 aliphatic carbocycles. The monoisotopic (exact) mass is 273 g/mol. The van der Waals surface area contributed by atoms with Crippen LogP contribution >= 0.6 is 15.9 Å². The molecule has 0 saturated heterocycles. The van der Waals surface area contributed by atoms with E-state index in [9.17, 15) is 4.79 Å². The summed E-state index contributed by atoms with van der Waals surface area (Å²) >= 11 is 3.31. The maximum atomic E-state index is 10.6. The lowest BCUT2D eigenvalue weighted by Gasteiger charge is -2.15. The molecule has 1 aromatic carbocycles. The number of hydrogen-bond acceptors (Lipinski definition) is 3. The number of aliphatic hydroxyl groups is 1. The van der Waals surface area contributed by atoms with E-state index in [2.05, 4.69) is 15.9 Å². The Bertz CT molecular complexity index is 343. The lowest BCUT2D eigenvalue weighted by atomic mass is 10.1. The molecule has 82 valence electrons.